The summed E-state index contributed by atoms with van der Waals surface area (Å²) in [5.41, 5.74) is 4.90. The van der Waals surface area contributed by atoms with Gasteiger partial charge >= 0.3 is 0 Å². The SMILES string of the molecule is COc1ccc2c(c1)-c1[nH]nc(NC(C)C)c1C2. The van der Waals surface area contributed by atoms with Gasteiger partial charge in [-0.3, -0.25) is 5.10 Å². The highest BCUT2D eigenvalue weighted by molar-refractivity contribution is 5.79. The van der Waals surface area contributed by atoms with Crippen LogP contribution >= 0.6 is 0 Å². The normalized spacial score (nSPS) is 12.4. The van der Waals surface area contributed by atoms with Gasteiger partial charge in [0.15, 0.2) is 5.82 Å². The Morgan fingerprint density at radius 2 is 2.22 bits per heavy atom. The number of methoxy groups -OCH3 is 1. The van der Waals surface area contributed by atoms with Crippen LogP contribution in [0.5, 0.6) is 5.75 Å². The number of fused-ring (bicyclic) bond motifs is 3. The van der Waals surface area contributed by atoms with Gasteiger partial charge < -0.3 is 10.1 Å². The molecule has 0 fully saturated rings. The van der Waals surface area contributed by atoms with Crippen LogP contribution < -0.4 is 10.1 Å². The van der Waals surface area contributed by atoms with E-state index in [0.717, 1.165) is 23.7 Å². The minimum Gasteiger partial charge on any atom is -0.497 e. The molecule has 1 aromatic heterocycles. The van der Waals surface area contributed by atoms with Crippen molar-refractivity contribution >= 4 is 5.82 Å². The van der Waals surface area contributed by atoms with Crippen LogP contribution in [0, 0.1) is 0 Å². The lowest BCUT2D eigenvalue weighted by Gasteiger charge is -2.07. The summed E-state index contributed by atoms with van der Waals surface area (Å²) in [6, 6.07) is 6.59. The highest BCUT2D eigenvalue weighted by atomic mass is 16.5. The molecule has 0 amide bonds. The average molecular weight is 243 g/mol. The predicted molar refractivity (Wildman–Crippen MR) is 72.1 cm³/mol. The van der Waals surface area contributed by atoms with E-state index < -0.39 is 0 Å². The van der Waals surface area contributed by atoms with E-state index in [0.29, 0.717) is 6.04 Å². The van der Waals surface area contributed by atoms with E-state index in [1.807, 2.05) is 6.07 Å². The number of hydrogen-bond donors (Lipinski definition) is 2. The Kier molecular flexibility index (Phi) is 2.51. The van der Waals surface area contributed by atoms with Crippen LogP contribution in [0.4, 0.5) is 5.82 Å². The molecule has 1 aromatic carbocycles. The molecule has 0 unspecified atom stereocenters. The van der Waals surface area contributed by atoms with Gasteiger partial charge in [0.1, 0.15) is 5.75 Å². The second-order valence-electron chi connectivity index (χ2n) is 4.92. The molecule has 94 valence electrons. The number of nitrogens with zero attached hydrogens (tertiary/aromatic N) is 1. The Hall–Kier alpha value is -1.97. The molecule has 4 nitrogen and oxygen atoms in total. The van der Waals surface area contributed by atoms with E-state index in [2.05, 4.69) is 41.5 Å². The minimum atomic E-state index is 0.385. The maximum Gasteiger partial charge on any atom is 0.152 e. The molecule has 2 N–H and O–H groups in total. The lowest BCUT2D eigenvalue weighted by atomic mass is 10.1. The molecule has 1 aliphatic carbocycles. The van der Waals surface area contributed by atoms with Crippen molar-refractivity contribution in [2.45, 2.75) is 26.3 Å². The van der Waals surface area contributed by atoms with Gasteiger partial charge in [-0.05, 0) is 31.5 Å². The quantitative estimate of drug-likeness (QED) is 0.743. The van der Waals surface area contributed by atoms with Crippen molar-refractivity contribution < 1.29 is 4.74 Å². The van der Waals surface area contributed by atoms with Crippen LogP contribution in [0.25, 0.3) is 11.3 Å². The lowest BCUT2D eigenvalue weighted by Crippen LogP contribution is -2.11. The van der Waals surface area contributed by atoms with Crippen molar-refractivity contribution in [3.63, 3.8) is 0 Å². The van der Waals surface area contributed by atoms with Crippen LogP contribution in [-0.2, 0) is 6.42 Å². The topological polar surface area (TPSA) is 49.9 Å². The number of anilines is 1. The van der Waals surface area contributed by atoms with E-state index in [-0.39, 0.29) is 0 Å². The van der Waals surface area contributed by atoms with Gasteiger partial charge in [-0.1, -0.05) is 6.07 Å². The highest BCUT2D eigenvalue weighted by Crippen LogP contribution is 2.40. The van der Waals surface area contributed by atoms with Crippen molar-refractivity contribution in [1.82, 2.24) is 10.2 Å². The van der Waals surface area contributed by atoms with Gasteiger partial charge in [-0.2, -0.15) is 5.10 Å². The highest BCUT2D eigenvalue weighted by Gasteiger charge is 2.25. The number of H-pyrrole nitrogens is 1. The van der Waals surface area contributed by atoms with Gasteiger partial charge in [-0.15, -0.1) is 0 Å². The summed E-state index contributed by atoms with van der Waals surface area (Å²) >= 11 is 0. The zero-order valence-corrected chi connectivity index (χ0v) is 10.9. The van der Waals surface area contributed by atoms with Gasteiger partial charge in [0.05, 0.1) is 12.8 Å². The molecule has 0 radical (unpaired) electrons. The monoisotopic (exact) mass is 243 g/mol. The first-order valence-corrected chi connectivity index (χ1v) is 6.20. The van der Waals surface area contributed by atoms with E-state index in [9.17, 15) is 0 Å². The van der Waals surface area contributed by atoms with Crippen molar-refractivity contribution in [2.24, 2.45) is 0 Å². The maximum absolute atomic E-state index is 5.28. The molecule has 1 aliphatic rings. The summed E-state index contributed by atoms with van der Waals surface area (Å²) in [5, 5.41) is 10.9. The molecule has 0 aliphatic heterocycles. The largest absolute Gasteiger partial charge is 0.497 e. The van der Waals surface area contributed by atoms with E-state index >= 15 is 0 Å². The Morgan fingerprint density at radius 1 is 1.39 bits per heavy atom. The number of nitrogens with one attached hydrogen (secondary N) is 2. The molecule has 0 bridgehead atoms. The standard InChI is InChI=1S/C14H17N3O/c1-8(2)15-14-12-6-9-4-5-10(18-3)7-11(9)13(12)16-17-14/h4-5,7-8H,6H2,1-3H3,(H2,15,16,17). The number of hydrogen-bond acceptors (Lipinski definition) is 3. The molecule has 4 heteroatoms. The summed E-state index contributed by atoms with van der Waals surface area (Å²) < 4.78 is 5.28. The summed E-state index contributed by atoms with van der Waals surface area (Å²) in [6.07, 6.45) is 0.931. The van der Waals surface area contributed by atoms with Gasteiger partial charge in [0.25, 0.3) is 0 Å². The molecular weight excluding hydrogens is 226 g/mol. The Labute approximate surface area is 106 Å². The lowest BCUT2D eigenvalue weighted by molar-refractivity contribution is 0.415. The number of aromatic amines is 1. The molecule has 0 saturated carbocycles. The maximum atomic E-state index is 5.28. The minimum absolute atomic E-state index is 0.385. The zero-order chi connectivity index (χ0) is 12.7. The molecule has 1 heterocycles. The van der Waals surface area contributed by atoms with Crippen molar-refractivity contribution in [1.29, 1.82) is 0 Å². The number of rotatable bonds is 3. The molecule has 0 spiro atoms. The fraction of sp³-hybridized carbons (Fsp3) is 0.357. The third kappa shape index (κ3) is 1.65. The first-order valence-electron chi connectivity index (χ1n) is 6.20. The van der Waals surface area contributed by atoms with Crippen molar-refractivity contribution in [2.75, 3.05) is 12.4 Å². The van der Waals surface area contributed by atoms with Gasteiger partial charge in [0.2, 0.25) is 0 Å². The third-order valence-corrected chi connectivity index (χ3v) is 3.25. The zero-order valence-electron chi connectivity index (χ0n) is 10.9. The fourth-order valence-corrected chi connectivity index (χ4v) is 2.41. The predicted octanol–water partition coefficient (Wildman–Crippen LogP) is 2.81. The van der Waals surface area contributed by atoms with Crippen molar-refractivity contribution in [3.05, 3.63) is 29.3 Å². The first-order chi connectivity index (χ1) is 8.69. The summed E-state index contributed by atoms with van der Waals surface area (Å²) in [6.45, 7) is 4.23. The van der Waals surface area contributed by atoms with Crippen LogP contribution in [-0.4, -0.2) is 23.3 Å². The Morgan fingerprint density at radius 3 is 2.94 bits per heavy atom. The summed E-state index contributed by atoms with van der Waals surface area (Å²) in [4.78, 5) is 0. The van der Waals surface area contributed by atoms with E-state index in [1.54, 1.807) is 7.11 Å². The van der Waals surface area contributed by atoms with Gasteiger partial charge in [-0.25, -0.2) is 0 Å². The molecular formula is C14H17N3O. The molecule has 18 heavy (non-hydrogen) atoms. The number of aromatic nitrogens is 2. The van der Waals surface area contributed by atoms with Crippen molar-refractivity contribution in [3.8, 4) is 17.0 Å². The Bertz CT molecular complexity index is 587. The summed E-state index contributed by atoms with van der Waals surface area (Å²) in [5.74, 6) is 1.85. The van der Waals surface area contributed by atoms with Crippen LogP contribution in [0.2, 0.25) is 0 Å². The molecule has 0 saturated heterocycles. The van der Waals surface area contributed by atoms with E-state index in [1.165, 1.54) is 16.7 Å². The molecule has 3 rings (SSSR count). The third-order valence-electron chi connectivity index (χ3n) is 3.25. The Balaban J connectivity index is 2.03. The van der Waals surface area contributed by atoms with E-state index in [4.69, 9.17) is 4.74 Å². The van der Waals surface area contributed by atoms with Gasteiger partial charge in [0, 0.05) is 23.6 Å². The van der Waals surface area contributed by atoms with Crippen LogP contribution in [0.1, 0.15) is 25.0 Å². The second-order valence-corrected chi connectivity index (χ2v) is 4.92. The smallest absolute Gasteiger partial charge is 0.152 e. The summed E-state index contributed by atoms with van der Waals surface area (Å²) in [7, 11) is 1.69. The fourth-order valence-electron chi connectivity index (χ4n) is 2.41. The molecule has 2 aromatic rings. The number of benzene rings is 1. The van der Waals surface area contributed by atoms with Crippen LogP contribution in [0.15, 0.2) is 18.2 Å². The van der Waals surface area contributed by atoms with Crippen LogP contribution in [0.3, 0.4) is 0 Å². The second kappa shape index (κ2) is 4.05. The average Bonchev–Trinajstić information content (AvgIpc) is 2.88. The molecule has 0 atom stereocenters. The number of ether oxygens (including phenoxy) is 1. The first kappa shape index (κ1) is 11.1.